The van der Waals surface area contributed by atoms with Crippen molar-refractivity contribution in [3.8, 4) is 0 Å². The number of nitrogens with zero attached hydrogens (tertiary/aromatic N) is 1. The van der Waals surface area contributed by atoms with Gasteiger partial charge in [0, 0.05) is 12.1 Å². The Labute approximate surface area is 54.9 Å². The molecule has 3 nitrogen and oxygen atoms in total. The zero-order valence-electron chi connectivity index (χ0n) is 5.62. The molecule has 0 aromatic heterocycles. The number of rotatable bonds is 2. The highest BCUT2D eigenvalue weighted by molar-refractivity contribution is 4.88. The number of aliphatic hydroxyl groups excluding tert-OH is 2. The highest BCUT2D eigenvalue weighted by Gasteiger charge is 2.33. The molecule has 0 aromatic rings. The van der Waals surface area contributed by atoms with Crippen molar-refractivity contribution in [2.45, 2.75) is 18.5 Å². The van der Waals surface area contributed by atoms with Crippen LogP contribution >= 0.6 is 0 Å². The molecule has 54 valence electrons. The Kier molecular flexibility index (Phi) is 2.05. The van der Waals surface area contributed by atoms with E-state index in [1.54, 1.807) is 0 Å². The van der Waals surface area contributed by atoms with Crippen LogP contribution in [-0.4, -0.2) is 47.5 Å². The van der Waals surface area contributed by atoms with Gasteiger partial charge in [0.25, 0.3) is 0 Å². The van der Waals surface area contributed by atoms with E-state index < -0.39 is 0 Å². The Balaban J connectivity index is 2.24. The summed E-state index contributed by atoms with van der Waals surface area (Å²) in [6.07, 6.45) is 0.934. The summed E-state index contributed by atoms with van der Waals surface area (Å²) in [6, 6.07) is 0.587. The van der Waals surface area contributed by atoms with Crippen molar-refractivity contribution in [2.24, 2.45) is 0 Å². The SMILES string of the molecule is CN1C(CO)C[C@H]1CO. The van der Waals surface area contributed by atoms with Gasteiger partial charge in [0.1, 0.15) is 0 Å². The molecule has 1 rings (SSSR count). The Hall–Kier alpha value is -0.120. The van der Waals surface area contributed by atoms with Crippen LogP contribution in [0.15, 0.2) is 0 Å². The normalized spacial score (nSPS) is 36.3. The Morgan fingerprint density at radius 3 is 2.00 bits per heavy atom. The van der Waals surface area contributed by atoms with E-state index in [1.165, 1.54) is 0 Å². The van der Waals surface area contributed by atoms with Crippen LogP contribution in [-0.2, 0) is 0 Å². The summed E-state index contributed by atoms with van der Waals surface area (Å²) in [6.45, 7) is 0.431. The zero-order valence-corrected chi connectivity index (χ0v) is 5.62. The second-order valence-electron chi connectivity index (χ2n) is 2.57. The second-order valence-corrected chi connectivity index (χ2v) is 2.57. The standard InChI is InChI=1S/C6H13NO2/c1-7-5(3-8)2-6(7)4-9/h5-6,8-9H,2-4H2,1H3/t5-,6?/m0/s1. The lowest BCUT2D eigenvalue weighted by Crippen LogP contribution is -2.56. The van der Waals surface area contributed by atoms with Gasteiger partial charge in [-0.05, 0) is 13.5 Å². The molecule has 0 amide bonds. The fraction of sp³-hybridized carbons (Fsp3) is 1.00. The molecule has 9 heavy (non-hydrogen) atoms. The number of likely N-dealkylation sites (tertiary alicyclic amines) is 1. The van der Waals surface area contributed by atoms with Gasteiger partial charge in [-0.15, -0.1) is 0 Å². The Morgan fingerprint density at radius 1 is 1.33 bits per heavy atom. The molecular weight excluding hydrogens is 118 g/mol. The van der Waals surface area contributed by atoms with Crippen LogP contribution in [0.3, 0.4) is 0 Å². The smallest absolute Gasteiger partial charge is 0.0587 e. The molecule has 0 aromatic carbocycles. The van der Waals surface area contributed by atoms with Gasteiger partial charge >= 0.3 is 0 Å². The third kappa shape index (κ3) is 1.08. The first-order chi connectivity index (χ1) is 4.29. The highest BCUT2D eigenvalue weighted by Crippen LogP contribution is 2.21. The van der Waals surface area contributed by atoms with Gasteiger partial charge in [0.15, 0.2) is 0 Å². The monoisotopic (exact) mass is 131 g/mol. The van der Waals surface area contributed by atoms with E-state index in [9.17, 15) is 0 Å². The van der Waals surface area contributed by atoms with E-state index in [4.69, 9.17) is 10.2 Å². The summed E-state index contributed by atoms with van der Waals surface area (Å²) in [5.41, 5.74) is 0. The molecule has 1 fully saturated rings. The van der Waals surface area contributed by atoms with E-state index >= 15 is 0 Å². The molecule has 0 saturated carbocycles. The van der Waals surface area contributed by atoms with Crippen LogP contribution in [0.5, 0.6) is 0 Å². The molecule has 1 heterocycles. The van der Waals surface area contributed by atoms with Gasteiger partial charge in [0.05, 0.1) is 13.2 Å². The lowest BCUT2D eigenvalue weighted by atomic mass is 9.95. The maximum atomic E-state index is 8.65. The molecule has 0 aliphatic carbocycles. The van der Waals surface area contributed by atoms with Gasteiger partial charge in [-0.1, -0.05) is 0 Å². The predicted octanol–water partition coefficient (Wildman–Crippen LogP) is -0.956. The van der Waals surface area contributed by atoms with E-state index in [1.807, 2.05) is 11.9 Å². The number of aliphatic hydroxyl groups is 2. The van der Waals surface area contributed by atoms with Crippen molar-refractivity contribution in [3.63, 3.8) is 0 Å². The zero-order chi connectivity index (χ0) is 6.85. The summed E-state index contributed by atoms with van der Waals surface area (Å²) in [7, 11) is 1.92. The van der Waals surface area contributed by atoms with Gasteiger partial charge in [0.2, 0.25) is 0 Å². The van der Waals surface area contributed by atoms with Crippen molar-refractivity contribution >= 4 is 0 Å². The molecular formula is C6H13NO2. The Bertz CT molecular complexity index is 87.1. The van der Waals surface area contributed by atoms with Crippen LogP contribution in [0.1, 0.15) is 6.42 Å². The first kappa shape index (κ1) is 6.99. The fourth-order valence-corrected chi connectivity index (χ4v) is 1.21. The van der Waals surface area contributed by atoms with Crippen LogP contribution < -0.4 is 0 Å². The summed E-state index contributed by atoms with van der Waals surface area (Å²) in [5.74, 6) is 0. The molecule has 0 bridgehead atoms. The minimum absolute atomic E-state index is 0.215. The Morgan fingerprint density at radius 2 is 1.78 bits per heavy atom. The molecule has 1 aliphatic rings. The third-order valence-corrected chi connectivity index (χ3v) is 2.12. The van der Waals surface area contributed by atoms with Gasteiger partial charge in [-0.2, -0.15) is 0 Å². The summed E-state index contributed by atoms with van der Waals surface area (Å²) in [5, 5.41) is 17.3. The third-order valence-electron chi connectivity index (χ3n) is 2.12. The average Bonchev–Trinajstić information content (AvgIpc) is 1.87. The summed E-state index contributed by atoms with van der Waals surface area (Å²) < 4.78 is 0. The molecule has 0 radical (unpaired) electrons. The number of hydrogen-bond acceptors (Lipinski definition) is 3. The topological polar surface area (TPSA) is 43.7 Å². The molecule has 2 atom stereocenters. The van der Waals surface area contributed by atoms with E-state index in [0.717, 1.165) is 6.42 Å². The minimum Gasteiger partial charge on any atom is -0.395 e. The molecule has 3 heteroatoms. The quantitative estimate of drug-likeness (QED) is 0.507. The molecule has 1 unspecified atom stereocenters. The van der Waals surface area contributed by atoms with Gasteiger partial charge in [-0.3, -0.25) is 4.90 Å². The first-order valence-corrected chi connectivity index (χ1v) is 3.23. The second kappa shape index (κ2) is 2.64. The van der Waals surface area contributed by atoms with Crippen molar-refractivity contribution in [3.05, 3.63) is 0 Å². The van der Waals surface area contributed by atoms with E-state index in [0.29, 0.717) is 12.1 Å². The van der Waals surface area contributed by atoms with Crippen LogP contribution in [0.2, 0.25) is 0 Å². The maximum absolute atomic E-state index is 8.65. The summed E-state index contributed by atoms with van der Waals surface area (Å²) in [4.78, 5) is 2.00. The number of likely N-dealkylation sites (N-methyl/N-ethyl adjacent to an activating group) is 1. The van der Waals surface area contributed by atoms with Crippen molar-refractivity contribution < 1.29 is 10.2 Å². The van der Waals surface area contributed by atoms with Crippen molar-refractivity contribution in [2.75, 3.05) is 20.3 Å². The molecule has 2 N–H and O–H groups in total. The largest absolute Gasteiger partial charge is 0.395 e. The van der Waals surface area contributed by atoms with Crippen LogP contribution in [0, 0.1) is 0 Å². The molecule has 1 aliphatic heterocycles. The van der Waals surface area contributed by atoms with Crippen molar-refractivity contribution in [1.82, 2.24) is 4.90 Å². The first-order valence-electron chi connectivity index (χ1n) is 3.23. The van der Waals surface area contributed by atoms with Crippen molar-refractivity contribution in [1.29, 1.82) is 0 Å². The molecule has 1 saturated heterocycles. The average molecular weight is 131 g/mol. The van der Waals surface area contributed by atoms with Gasteiger partial charge in [-0.25, -0.2) is 0 Å². The molecule has 0 spiro atoms. The lowest BCUT2D eigenvalue weighted by molar-refractivity contribution is -0.0207. The van der Waals surface area contributed by atoms with E-state index in [-0.39, 0.29) is 13.2 Å². The lowest BCUT2D eigenvalue weighted by Gasteiger charge is -2.44. The number of hydrogen-bond donors (Lipinski definition) is 2. The van der Waals surface area contributed by atoms with E-state index in [2.05, 4.69) is 0 Å². The summed E-state index contributed by atoms with van der Waals surface area (Å²) >= 11 is 0. The maximum Gasteiger partial charge on any atom is 0.0587 e. The highest BCUT2D eigenvalue weighted by atomic mass is 16.3. The fourth-order valence-electron chi connectivity index (χ4n) is 1.21. The minimum atomic E-state index is 0.215. The van der Waals surface area contributed by atoms with Crippen LogP contribution in [0.4, 0.5) is 0 Å². The predicted molar refractivity (Wildman–Crippen MR) is 34.1 cm³/mol. The van der Waals surface area contributed by atoms with Gasteiger partial charge < -0.3 is 10.2 Å². The van der Waals surface area contributed by atoms with Crippen LogP contribution in [0.25, 0.3) is 0 Å².